The van der Waals surface area contributed by atoms with E-state index in [0.29, 0.717) is 6.54 Å². The molecule has 0 fully saturated rings. The number of carbonyl (C=O) groups excluding carboxylic acids is 1. The van der Waals surface area contributed by atoms with Crippen molar-refractivity contribution in [3.8, 4) is 0 Å². The van der Waals surface area contributed by atoms with Crippen LogP contribution >= 0.6 is 0 Å². The summed E-state index contributed by atoms with van der Waals surface area (Å²) in [6.45, 7) is 4.15. The van der Waals surface area contributed by atoms with Crippen LogP contribution in [0.5, 0.6) is 0 Å². The van der Waals surface area contributed by atoms with Crippen LogP contribution in [0.25, 0.3) is 0 Å². The molecule has 1 aromatic rings. The fourth-order valence-electron chi connectivity index (χ4n) is 1.18. The normalized spacial score (nSPS) is 10.5. The summed E-state index contributed by atoms with van der Waals surface area (Å²) < 4.78 is 4.87. The zero-order valence-corrected chi connectivity index (χ0v) is 9.90. The molecule has 6 heteroatoms. The molecule has 0 radical (unpaired) electrons. The van der Waals surface area contributed by atoms with Crippen LogP contribution in [-0.2, 0) is 0 Å². The van der Waals surface area contributed by atoms with E-state index in [1.165, 1.54) is 12.1 Å². The fraction of sp³-hybridized carbons (Fsp3) is 0.455. The Morgan fingerprint density at radius 1 is 1.41 bits per heavy atom. The highest BCUT2D eigenvalue weighted by Crippen LogP contribution is 2.07. The highest BCUT2D eigenvalue weighted by atomic mass is 16.4. The predicted molar refractivity (Wildman–Crippen MR) is 61.2 cm³/mol. The van der Waals surface area contributed by atoms with E-state index in [-0.39, 0.29) is 11.5 Å². The van der Waals surface area contributed by atoms with Crippen LogP contribution in [0, 0.1) is 0 Å². The van der Waals surface area contributed by atoms with Crippen molar-refractivity contribution in [3.05, 3.63) is 23.7 Å². The van der Waals surface area contributed by atoms with Gasteiger partial charge < -0.3 is 19.7 Å². The van der Waals surface area contributed by atoms with E-state index in [0.717, 1.165) is 13.1 Å². The van der Waals surface area contributed by atoms with Gasteiger partial charge in [-0.15, -0.1) is 0 Å². The van der Waals surface area contributed by atoms with E-state index in [2.05, 4.69) is 5.32 Å². The number of hydrogen-bond donors (Lipinski definition) is 2. The molecule has 6 nitrogen and oxygen atoms in total. The van der Waals surface area contributed by atoms with Crippen molar-refractivity contribution in [1.29, 1.82) is 0 Å². The third-order valence-electron chi connectivity index (χ3n) is 2.36. The van der Waals surface area contributed by atoms with Crippen molar-refractivity contribution in [2.24, 2.45) is 0 Å². The Morgan fingerprint density at radius 3 is 2.59 bits per heavy atom. The first-order valence-corrected chi connectivity index (χ1v) is 5.34. The summed E-state index contributed by atoms with van der Waals surface area (Å²) in [5.41, 5.74) is 0. The van der Waals surface area contributed by atoms with Gasteiger partial charge in [0.15, 0.2) is 5.76 Å². The first kappa shape index (κ1) is 13.2. The average Bonchev–Trinajstić information content (AvgIpc) is 2.78. The molecule has 2 N–H and O–H groups in total. The molecule has 0 atom stereocenters. The van der Waals surface area contributed by atoms with Gasteiger partial charge in [-0.1, -0.05) is 6.92 Å². The van der Waals surface area contributed by atoms with Gasteiger partial charge in [0.1, 0.15) is 0 Å². The molecular weight excluding hydrogens is 224 g/mol. The van der Waals surface area contributed by atoms with Crippen LogP contribution in [0.3, 0.4) is 0 Å². The zero-order valence-electron chi connectivity index (χ0n) is 9.90. The number of nitrogens with one attached hydrogen (secondary N) is 1. The Balaban J connectivity index is 2.44. The van der Waals surface area contributed by atoms with Crippen LogP contribution in [0.15, 0.2) is 16.5 Å². The lowest BCUT2D eigenvalue weighted by Crippen LogP contribution is -2.32. The molecule has 1 aromatic heterocycles. The quantitative estimate of drug-likeness (QED) is 0.763. The second-order valence-electron chi connectivity index (χ2n) is 3.62. The largest absolute Gasteiger partial charge is 0.475 e. The van der Waals surface area contributed by atoms with Crippen LogP contribution in [0.1, 0.15) is 28.0 Å². The van der Waals surface area contributed by atoms with E-state index in [1.54, 1.807) is 0 Å². The number of carbonyl (C=O) groups is 2. The molecule has 17 heavy (non-hydrogen) atoms. The molecule has 1 heterocycles. The van der Waals surface area contributed by atoms with Gasteiger partial charge in [-0.25, -0.2) is 4.79 Å². The van der Waals surface area contributed by atoms with E-state index in [1.807, 2.05) is 18.9 Å². The first-order chi connectivity index (χ1) is 8.04. The summed E-state index contributed by atoms with van der Waals surface area (Å²) >= 11 is 0. The lowest BCUT2D eigenvalue weighted by atomic mass is 10.4. The number of amides is 1. The van der Waals surface area contributed by atoms with Gasteiger partial charge in [0.2, 0.25) is 5.76 Å². The minimum atomic E-state index is -1.19. The predicted octanol–water partition coefficient (Wildman–Crippen LogP) is 0.659. The number of hydrogen-bond acceptors (Lipinski definition) is 4. The highest BCUT2D eigenvalue weighted by Gasteiger charge is 2.14. The van der Waals surface area contributed by atoms with Crippen molar-refractivity contribution in [2.45, 2.75) is 6.92 Å². The van der Waals surface area contributed by atoms with E-state index >= 15 is 0 Å². The smallest absolute Gasteiger partial charge is 0.371 e. The fourth-order valence-corrected chi connectivity index (χ4v) is 1.18. The highest BCUT2D eigenvalue weighted by molar-refractivity contribution is 5.93. The second-order valence-corrected chi connectivity index (χ2v) is 3.62. The lowest BCUT2D eigenvalue weighted by Gasteiger charge is -2.13. The van der Waals surface area contributed by atoms with Gasteiger partial charge in [-0.2, -0.15) is 0 Å². The van der Waals surface area contributed by atoms with E-state index in [4.69, 9.17) is 9.52 Å². The van der Waals surface area contributed by atoms with E-state index < -0.39 is 11.9 Å². The molecule has 0 aliphatic heterocycles. The van der Waals surface area contributed by atoms with Gasteiger partial charge in [0.05, 0.1) is 0 Å². The molecule has 0 unspecified atom stereocenters. The minimum absolute atomic E-state index is 0.0153. The van der Waals surface area contributed by atoms with Gasteiger partial charge >= 0.3 is 5.97 Å². The molecule has 0 saturated heterocycles. The summed E-state index contributed by atoms with van der Waals surface area (Å²) in [7, 11) is 1.95. The summed E-state index contributed by atoms with van der Waals surface area (Å²) in [5, 5.41) is 11.3. The Morgan fingerprint density at radius 2 is 2.06 bits per heavy atom. The topological polar surface area (TPSA) is 82.8 Å². The molecule has 1 rings (SSSR count). The summed E-state index contributed by atoms with van der Waals surface area (Å²) in [6.07, 6.45) is 0. The van der Waals surface area contributed by atoms with Gasteiger partial charge in [0, 0.05) is 13.1 Å². The Hall–Kier alpha value is -1.82. The minimum Gasteiger partial charge on any atom is -0.475 e. The maximum atomic E-state index is 11.5. The molecule has 0 aromatic carbocycles. The maximum absolute atomic E-state index is 11.5. The van der Waals surface area contributed by atoms with Crippen molar-refractivity contribution in [2.75, 3.05) is 26.7 Å². The number of furan rings is 1. The maximum Gasteiger partial charge on any atom is 0.371 e. The zero-order chi connectivity index (χ0) is 12.8. The molecule has 0 bridgehead atoms. The van der Waals surface area contributed by atoms with Crippen LogP contribution in [-0.4, -0.2) is 48.6 Å². The van der Waals surface area contributed by atoms with Crippen LogP contribution in [0.4, 0.5) is 0 Å². The van der Waals surface area contributed by atoms with Gasteiger partial charge in [-0.05, 0) is 25.7 Å². The summed E-state index contributed by atoms with van der Waals surface area (Å²) in [5.74, 6) is -1.81. The number of rotatable bonds is 6. The Bertz CT molecular complexity index is 400. The molecule has 0 aliphatic rings. The first-order valence-electron chi connectivity index (χ1n) is 5.34. The monoisotopic (exact) mass is 240 g/mol. The van der Waals surface area contributed by atoms with Crippen molar-refractivity contribution in [1.82, 2.24) is 10.2 Å². The number of nitrogens with zero attached hydrogens (tertiary/aromatic N) is 1. The molecule has 94 valence electrons. The molecule has 0 aliphatic carbocycles. The van der Waals surface area contributed by atoms with E-state index in [9.17, 15) is 9.59 Å². The van der Waals surface area contributed by atoms with Gasteiger partial charge in [0.25, 0.3) is 5.91 Å². The standard InChI is InChI=1S/C11H16N2O4/c1-3-13(2)7-6-12-10(14)8-4-5-9(17-8)11(15)16/h4-5H,3,6-7H2,1-2H3,(H,12,14)(H,15,16). The van der Waals surface area contributed by atoms with Crippen molar-refractivity contribution < 1.29 is 19.1 Å². The lowest BCUT2D eigenvalue weighted by molar-refractivity contribution is 0.0659. The summed E-state index contributed by atoms with van der Waals surface area (Å²) in [4.78, 5) is 24.1. The molecule has 1 amide bonds. The molecule has 0 saturated carbocycles. The molecule has 0 spiro atoms. The molecular formula is C11H16N2O4. The van der Waals surface area contributed by atoms with Crippen molar-refractivity contribution in [3.63, 3.8) is 0 Å². The third kappa shape index (κ3) is 3.92. The van der Waals surface area contributed by atoms with Crippen LogP contribution < -0.4 is 5.32 Å². The third-order valence-corrected chi connectivity index (χ3v) is 2.36. The SMILES string of the molecule is CCN(C)CCNC(=O)c1ccc(C(=O)O)o1. The number of carboxylic acids is 1. The number of aromatic carboxylic acids is 1. The number of carboxylic acid groups (broad SMARTS) is 1. The Labute approximate surface area is 99.2 Å². The second kappa shape index (κ2) is 6.05. The van der Waals surface area contributed by atoms with Crippen molar-refractivity contribution >= 4 is 11.9 Å². The summed E-state index contributed by atoms with van der Waals surface area (Å²) in [6, 6.07) is 2.61. The Kier molecular flexibility index (Phi) is 4.71. The van der Waals surface area contributed by atoms with Crippen LogP contribution in [0.2, 0.25) is 0 Å². The average molecular weight is 240 g/mol. The number of likely N-dealkylation sites (N-methyl/N-ethyl adjacent to an activating group) is 1. The van der Waals surface area contributed by atoms with Gasteiger partial charge in [-0.3, -0.25) is 4.79 Å².